The smallest absolute Gasteiger partial charge is 0.407 e. The third-order valence-electron chi connectivity index (χ3n) is 11.5. The Labute approximate surface area is 331 Å². The first-order valence-corrected chi connectivity index (χ1v) is 19.8. The molecule has 3 aliphatic rings. The van der Waals surface area contributed by atoms with E-state index < -0.39 is 30.1 Å². The summed E-state index contributed by atoms with van der Waals surface area (Å²) in [5, 5.41) is 5.36. The van der Waals surface area contributed by atoms with Gasteiger partial charge in [0.05, 0.1) is 43.9 Å². The number of fused-ring (bicyclic) bond motifs is 3. The monoisotopic (exact) mass is 782 g/mol. The van der Waals surface area contributed by atoms with Gasteiger partial charge in [-0.25, -0.2) is 23.9 Å². The summed E-state index contributed by atoms with van der Waals surface area (Å²) in [6.07, 6.45) is 4.88. The third-order valence-corrected chi connectivity index (χ3v) is 11.5. The van der Waals surface area contributed by atoms with E-state index in [0.717, 1.165) is 71.6 Å². The fraction of sp³-hybridized carbons (Fsp3) is 0.476. The zero-order valence-electron chi connectivity index (χ0n) is 33.3. The van der Waals surface area contributed by atoms with Crippen LogP contribution in [0.4, 0.5) is 14.0 Å². The number of hydrogen-bond donors (Lipinski definition) is 4. The van der Waals surface area contributed by atoms with Gasteiger partial charge in [-0.1, -0.05) is 52.0 Å². The fourth-order valence-electron chi connectivity index (χ4n) is 8.40. The molecule has 2 aromatic heterocycles. The number of aromatic amines is 2. The minimum Gasteiger partial charge on any atom is -0.453 e. The Balaban J connectivity index is 1.07. The van der Waals surface area contributed by atoms with Crippen molar-refractivity contribution in [3.05, 3.63) is 71.3 Å². The van der Waals surface area contributed by atoms with Crippen LogP contribution in [0.15, 0.2) is 42.6 Å². The molecule has 14 nitrogen and oxygen atoms in total. The molecule has 2 fully saturated rings. The maximum atomic E-state index is 15.9. The van der Waals surface area contributed by atoms with Crippen LogP contribution in [0.5, 0.6) is 0 Å². The first-order chi connectivity index (χ1) is 27.4. The number of hydrogen-bond acceptors (Lipinski definition) is 8. The quantitative estimate of drug-likeness (QED) is 0.142. The molecule has 4 atom stereocenters. The van der Waals surface area contributed by atoms with E-state index in [1.54, 1.807) is 17.2 Å². The van der Waals surface area contributed by atoms with Crippen LogP contribution < -0.4 is 10.6 Å². The lowest BCUT2D eigenvalue weighted by atomic mass is 9.89. The van der Waals surface area contributed by atoms with Crippen molar-refractivity contribution in [3.63, 3.8) is 0 Å². The molecule has 57 heavy (non-hydrogen) atoms. The maximum absolute atomic E-state index is 15.9. The summed E-state index contributed by atoms with van der Waals surface area (Å²) in [6, 6.07) is 9.25. The number of aromatic nitrogens is 4. The van der Waals surface area contributed by atoms with Crippen LogP contribution in [0.25, 0.3) is 33.6 Å². The molecule has 0 bridgehead atoms. The van der Waals surface area contributed by atoms with Gasteiger partial charge in [-0.15, -0.1) is 0 Å². The van der Waals surface area contributed by atoms with Crippen molar-refractivity contribution in [1.82, 2.24) is 40.4 Å². The molecular weight excluding hydrogens is 732 g/mol. The van der Waals surface area contributed by atoms with Crippen LogP contribution in [0.2, 0.25) is 0 Å². The average Bonchev–Trinajstić information content (AvgIpc) is 4.04. The molecule has 2 aromatic carbocycles. The molecule has 4 N–H and O–H groups in total. The van der Waals surface area contributed by atoms with Gasteiger partial charge in [-0.2, -0.15) is 0 Å². The van der Waals surface area contributed by atoms with Crippen LogP contribution >= 0.6 is 0 Å². The summed E-state index contributed by atoms with van der Waals surface area (Å²) in [5.74, 6) is 0.266. The highest BCUT2D eigenvalue weighted by Gasteiger charge is 2.39. The second-order valence-corrected chi connectivity index (χ2v) is 15.8. The van der Waals surface area contributed by atoms with E-state index in [0.29, 0.717) is 36.6 Å². The zero-order chi connectivity index (χ0) is 40.5. The lowest BCUT2D eigenvalue weighted by Gasteiger charge is -2.30. The Morgan fingerprint density at radius 3 is 1.89 bits per heavy atom. The van der Waals surface area contributed by atoms with Gasteiger partial charge in [-0.05, 0) is 79.2 Å². The Morgan fingerprint density at radius 1 is 0.772 bits per heavy atom. The largest absolute Gasteiger partial charge is 0.453 e. The number of carbonyl (C=O) groups is 4. The number of nitrogens with one attached hydrogen (secondary N) is 4. The lowest BCUT2D eigenvalue weighted by Crippen LogP contribution is -2.51. The number of nitrogens with zero attached hydrogens (tertiary/aromatic N) is 4. The summed E-state index contributed by atoms with van der Waals surface area (Å²) >= 11 is 0. The summed E-state index contributed by atoms with van der Waals surface area (Å²) in [4.78, 5) is 71.2. The van der Waals surface area contributed by atoms with Crippen molar-refractivity contribution in [2.75, 3.05) is 27.3 Å². The molecule has 1 aliphatic carbocycles. The van der Waals surface area contributed by atoms with Gasteiger partial charge in [0.1, 0.15) is 29.5 Å². The number of imidazole rings is 2. The molecule has 4 aromatic rings. The first kappa shape index (κ1) is 39.5. The predicted octanol–water partition coefficient (Wildman–Crippen LogP) is 6.46. The van der Waals surface area contributed by atoms with Gasteiger partial charge < -0.3 is 39.9 Å². The summed E-state index contributed by atoms with van der Waals surface area (Å²) in [5.41, 5.74) is 6.50. The number of methoxy groups -OCH3 is 2. The van der Waals surface area contributed by atoms with Gasteiger partial charge >= 0.3 is 12.2 Å². The van der Waals surface area contributed by atoms with Crippen molar-refractivity contribution in [3.8, 4) is 33.6 Å². The van der Waals surface area contributed by atoms with Crippen LogP contribution in [0.3, 0.4) is 0 Å². The SMILES string of the molecule is COC(=O)N[C@H](C(=O)N1CCC[C@H]1c1ncc(-c2ccc(-c3ccc4c(c3)CCc3[nH]c([C@@H]5CCCN5C(=O)[C@@H](NC(=O)OC)C(C)C)nc3-4)cc2F)[nH]1)C(C)C. The van der Waals surface area contributed by atoms with Gasteiger partial charge in [0.2, 0.25) is 11.8 Å². The van der Waals surface area contributed by atoms with Crippen molar-refractivity contribution < 1.29 is 33.0 Å². The van der Waals surface area contributed by atoms with Crippen LogP contribution in [0.1, 0.15) is 88.4 Å². The number of rotatable bonds is 10. The summed E-state index contributed by atoms with van der Waals surface area (Å²) < 4.78 is 25.4. The maximum Gasteiger partial charge on any atom is 0.407 e. The Bertz CT molecular complexity index is 2160. The zero-order valence-corrected chi connectivity index (χ0v) is 33.3. The molecule has 4 heterocycles. The number of halogens is 1. The van der Waals surface area contributed by atoms with E-state index in [9.17, 15) is 19.2 Å². The van der Waals surface area contributed by atoms with Crippen LogP contribution in [0, 0.1) is 17.7 Å². The number of carbonyl (C=O) groups excluding carboxylic acids is 4. The first-order valence-electron chi connectivity index (χ1n) is 19.8. The van der Waals surface area contributed by atoms with Gasteiger partial charge in [0, 0.05) is 29.9 Å². The molecule has 0 unspecified atom stereocenters. The Hall–Kier alpha value is -5.73. The van der Waals surface area contributed by atoms with E-state index in [1.807, 2.05) is 50.8 Å². The van der Waals surface area contributed by atoms with Crippen LogP contribution in [-0.4, -0.2) is 93.1 Å². The normalized spacial score (nSPS) is 18.6. The number of likely N-dealkylation sites (tertiary alicyclic amines) is 2. The standard InChI is InChI=1S/C42H51FN8O6/c1-22(2)34(48-41(54)56-5)39(52)50-17-7-9-32(50)37-44-21-31(46-37)28-15-12-25(20-29(28)43)24-11-14-27-26(19-24)13-16-30-36(27)47-38(45-30)33-10-8-18-51(33)40(53)35(23(3)4)49-42(55)57-6/h11-12,14-15,19-23,32-35H,7-10,13,16-18H2,1-6H3,(H,44,46)(H,45,47)(H,48,54)(H,49,55)/t32-,33-,34-,35-/m0/s1. The molecule has 15 heteroatoms. The highest BCUT2D eigenvalue weighted by Crippen LogP contribution is 2.39. The minimum absolute atomic E-state index is 0.124. The second-order valence-electron chi connectivity index (χ2n) is 15.8. The van der Waals surface area contributed by atoms with Gasteiger partial charge in [-0.3, -0.25) is 9.59 Å². The van der Waals surface area contributed by atoms with Crippen LogP contribution in [-0.2, 0) is 31.9 Å². The molecule has 4 amide bonds. The van der Waals surface area contributed by atoms with Crippen molar-refractivity contribution in [2.45, 2.75) is 90.4 Å². The number of benzene rings is 2. The molecule has 2 saturated heterocycles. The van der Waals surface area contributed by atoms with E-state index in [-0.39, 0.29) is 35.7 Å². The number of ether oxygens (including phenoxy) is 2. The van der Waals surface area contributed by atoms with Gasteiger partial charge in [0.15, 0.2) is 0 Å². The highest BCUT2D eigenvalue weighted by molar-refractivity contribution is 5.87. The van der Waals surface area contributed by atoms with Gasteiger partial charge in [0.25, 0.3) is 0 Å². The Morgan fingerprint density at radius 2 is 1.33 bits per heavy atom. The summed E-state index contributed by atoms with van der Waals surface area (Å²) in [7, 11) is 2.55. The molecule has 2 aliphatic heterocycles. The minimum atomic E-state index is -0.748. The molecule has 7 rings (SSSR count). The predicted molar refractivity (Wildman–Crippen MR) is 210 cm³/mol. The number of aryl methyl sites for hydroxylation is 2. The molecule has 0 saturated carbocycles. The molecule has 0 spiro atoms. The highest BCUT2D eigenvalue weighted by atomic mass is 19.1. The number of amides is 4. The van der Waals surface area contributed by atoms with E-state index >= 15 is 4.39 Å². The van der Waals surface area contributed by atoms with E-state index in [4.69, 9.17) is 14.5 Å². The average molecular weight is 783 g/mol. The lowest BCUT2D eigenvalue weighted by molar-refractivity contribution is -0.136. The van der Waals surface area contributed by atoms with E-state index in [2.05, 4.69) is 31.7 Å². The third kappa shape index (κ3) is 7.83. The topological polar surface area (TPSA) is 175 Å². The van der Waals surface area contributed by atoms with Crippen molar-refractivity contribution >= 4 is 24.0 Å². The fourth-order valence-corrected chi connectivity index (χ4v) is 8.40. The summed E-state index contributed by atoms with van der Waals surface area (Å²) in [6.45, 7) is 8.62. The van der Waals surface area contributed by atoms with Crippen molar-refractivity contribution in [1.29, 1.82) is 0 Å². The van der Waals surface area contributed by atoms with E-state index in [1.165, 1.54) is 20.3 Å². The second kappa shape index (κ2) is 16.4. The molecular formula is C42H51FN8O6. The Kier molecular flexibility index (Phi) is 11.4. The van der Waals surface area contributed by atoms with Crippen molar-refractivity contribution in [2.24, 2.45) is 11.8 Å². The number of alkyl carbamates (subject to hydrolysis) is 2. The molecule has 302 valence electrons. The molecule has 0 radical (unpaired) electrons. The number of H-pyrrole nitrogens is 2.